The van der Waals surface area contributed by atoms with Crippen LogP contribution in [0.4, 0.5) is 4.39 Å². The van der Waals surface area contributed by atoms with Crippen LogP contribution in [0.1, 0.15) is 38.7 Å². The van der Waals surface area contributed by atoms with E-state index in [-0.39, 0.29) is 22.7 Å². The Balaban J connectivity index is 2.77. The Morgan fingerprint density at radius 3 is 2.30 bits per heavy atom. The zero-order valence-corrected chi connectivity index (χ0v) is 13.2. The molecule has 1 atom stereocenters. The Kier molecular flexibility index (Phi) is 6.62. The van der Waals surface area contributed by atoms with Crippen LogP contribution in [0.5, 0.6) is 0 Å². The molecule has 0 aliphatic heterocycles. The molecular weight excluding hydrogens is 277 g/mol. The van der Waals surface area contributed by atoms with Crippen molar-refractivity contribution < 1.29 is 12.8 Å². The molecule has 0 heterocycles. The second-order valence-electron chi connectivity index (χ2n) is 5.26. The van der Waals surface area contributed by atoms with Gasteiger partial charge in [0, 0.05) is 6.54 Å². The summed E-state index contributed by atoms with van der Waals surface area (Å²) < 4.78 is 36.8. The zero-order valence-electron chi connectivity index (χ0n) is 12.4. The van der Waals surface area contributed by atoms with Crippen LogP contribution < -0.4 is 5.32 Å². The predicted octanol–water partition coefficient (Wildman–Crippen LogP) is 2.73. The third kappa shape index (κ3) is 5.21. The SMILES string of the molecule is CCNCC(CCS(=O)(=O)C(C)C)c1ccc(F)cc1. The molecule has 5 heteroatoms. The molecule has 20 heavy (non-hydrogen) atoms. The summed E-state index contributed by atoms with van der Waals surface area (Å²) in [5.74, 6) is -0.0206. The molecule has 0 aliphatic carbocycles. The minimum Gasteiger partial charge on any atom is -0.316 e. The van der Waals surface area contributed by atoms with E-state index in [1.165, 1.54) is 12.1 Å². The van der Waals surface area contributed by atoms with Crippen LogP contribution in [-0.2, 0) is 9.84 Å². The first kappa shape index (κ1) is 17.1. The number of hydrogen-bond acceptors (Lipinski definition) is 3. The van der Waals surface area contributed by atoms with E-state index >= 15 is 0 Å². The largest absolute Gasteiger partial charge is 0.316 e. The molecule has 0 amide bonds. The number of rotatable bonds is 8. The zero-order chi connectivity index (χ0) is 15.2. The van der Waals surface area contributed by atoms with Gasteiger partial charge in [-0.3, -0.25) is 0 Å². The lowest BCUT2D eigenvalue weighted by Gasteiger charge is -2.18. The van der Waals surface area contributed by atoms with E-state index < -0.39 is 9.84 Å². The number of nitrogens with one attached hydrogen (secondary N) is 1. The highest BCUT2D eigenvalue weighted by Gasteiger charge is 2.20. The van der Waals surface area contributed by atoms with Crippen LogP contribution >= 0.6 is 0 Å². The Morgan fingerprint density at radius 1 is 1.20 bits per heavy atom. The Bertz CT molecular complexity index is 497. The van der Waals surface area contributed by atoms with Gasteiger partial charge in [0.15, 0.2) is 9.84 Å². The molecule has 0 bridgehead atoms. The fourth-order valence-corrected chi connectivity index (χ4v) is 3.07. The van der Waals surface area contributed by atoms with Gasteiger partial charge in [-0.15, -0.1) is 0 Å². The summed E-state index contributed by atoms with van der Waals surface area (Å²) in [6, 6.07) is 6.31. The third-order valence-electron chi connectivity index (χ3n) is 3.45. The van der Waals surface area contributed by atoms with Crippen molar-refractivity contribution in [1.29, 1.82) is 0 Å². The molecule has 0 radical (unpaired) electrons. The molecule has 1 rings (SSSR count). The first-order chi connectivity index (χ1) is 9.36. The minimum atomic E-state index is -3.04. The van der Waals surface area contributed by atoms with E-state index in [9.17, 15) is 12.8 Å². The van der Waals surface area contributed by atoms with E-state index in [0.29, 0.717) is 13.0 Å². The Labute approximate surface area is 121 Å². The molecule has 0 saturated heterocycles. The maximum atomic E-state index is 13.0. The van der Waals surface area contributed by atoms with Crippen molar-refractivity contribution in [1.82, 2.24) is 5.32 Å². The van der Waals surface area contributed by atoms with Crippen LogP contribution in [-0.4, -0.2) is 32.5 Å². The summed E-state index contributed by atoms with van der Waals surface area (Å²) in [6.07, 6.45) is 0.555. The van der Waals surface area contributed by atoms with E-state index in [0.717, 1.165) is 12.1 Å². The molecule has 3 nitrogen and oxygen atoms in total. The van der Waals surface area contributed by atoms with Gasteiger partial charge in [-0.1, -0.05) is 19.1 Å². The number of benzene rings is 1. The summed E-state index contributed by atoms with van der Waals surface area (Å²) in [7, 11) is -3.04. The summed E-state index contributed by atoms with van der Waals surface area (Å²) in [5.41, 5.74) is 0.978. The molecule has 1 N–H and O–H groups in total. The highest BCUT2D eigenvalue weighted by atomic mass is 32.2. The fourth-order valence-electron chi connectivity index (χ4n) is 1.98. The van der Waals surface area contributed by atoms with E-state index in [2.05, 4.69) is 5.32 Å². The van der Waals surface area contributed by atoms with Gasteiger partial charge in [0.05, 0.1) is 11.0 Å². The van der Waals surface area contributed by atoms with Crippen LogP contribution in [0.25, 0.3) is 0 Å². The van der Waals surface area contributed by atoms with Crippen LogP contribution in [0.3, 0.4) is 0 Å². The Hall–Kier alpha value is -0.940. The van der Waals surface area contributed by atoms with Gasteiger partial charge >= 0.3 is 0 Å². The van der Waals surface area contributed by atoms with Gasteiger partial charge in [-0.05, 0) is 50.4 Å². The highest BCUT2D eigenvalue weighted by molar-refractivity contribution is 7.91. The maximum Gasteiger partial charge on any atom is 0.152 e. The van der Waals surface area contributed by atoms with Gasteiger partial charge in [0.2, 0.25) is 0 Å². The molecule has 0 aromatic heterocycles. The van der Waals surface area contributed by atoms with E-state index in [1.54, 1.807) is 26.0 Å². The summed E-state index contributed by atoms with van der Waals surface area (Å²) in [4.78, 5) is 0. The van der Waals surface area contributed by atoms with E-state index in [4.69, 9.17) is 0 Å². The topological polar surface area (TPSA) is 46.2 Å². The quantitative estimate of drug-likeness (QED) is 0.803. The first-order valence-electron chi connectivity index (χ1n) is 7.04. The van der Waals surface area contributed by atoms with Crippen molar-refractivity contribution >= 4 is 9.84 Å². The predicted molar refractivity (Wildman–Crippen MR) is 81.2 cm³/mol. The molecular formula is C15H24FNO2S. The van der Waals surface area contributed by atoms with Gasteiger partial charge < -0.3 is 5.32 Å². The highest BCUT2D eigenvalue weighted by Crippen LogP contribution is 2.21. The first-order valence-corrected chi connectivity index (χ1v) is 8.76. The molecule has 1 unspecified atom stereocenters. The van der Waals surface area contributed by atoms with Crippen molar-refractivity contribution in [2.45, 2.75) is 38.4 Å². The van der Waals surface area contributed by atoms with Crippen LogP contribution in [0.15, 0.2) is 24.3 Å². The minimum absolute atomic E-state index is 0.0871. The van der Waals surface area contributed by atoms with Gasteiger partial charge in [0.25, 0.3) is 0 Å². The summed E-state index contributed by atoms with van der Waals surface area (Å²) >= 11 is 0. The number of halogens is 1. The Morgan fingerprint density at radius 2 is 1.80 bits per heavy atom. The number of likely N-dealkylation sites (N-methyl/N-ethyl adjacent to an activating group) is 1. The van der Waals surface area contributed by atoms with Crippen molar-refractivity contribution in [3.05, 3.63) is 35.6 Å². The van der Waals surface area contributed by atoms with Crippen LogP contribution in [0.2, 0.25) is 0 Å². The van der Waals surface area contributed by atoms with Crippen molar-refractivity contribution in [2.24, 2.45) is 0 Å². The van der Waals surface area contributed by atoms with Crippen LogP contribution in [0, 0.1) is 5.82 Å². The lowest BCUT2D eigenvalue weighted by molar-refractivity contribution is 0.557. The molecule has 0 spiro atoms. The van der Waals surface area contributed by atoms with Gasteiger partial charge in [-0.25, -0.2) is 12.8 Å². The molecule has 0 aliphatic rings. The lowest BCUT2D eigenvalue weighted by Crippen LogP contribution is -2.25. The number of hydrogen-bond donors (Lipinski definition) is 1. The van der Waals surface area contributed by atoms with Crippen molar-refractivity contribution in [3.8, 4) is 0 Å². The molecule has 114 valence electrons. The summed E-state index contributed by atoms with van der Waals surface area (Å²) in [5, 5.41) is 2.89. The van der Waals surface area contributed by atoms with Gasteiger partial charge in [0.1, 0.15) is 5.82 Å². The monoisotopic (exact) mass is 301 g/mol. The smallest absolute Gasteiger partial charge is 0.152 e. The maximum absolute atomic E-state index is 13.0. The van der Waals surface area contributed by atoms with Crippen molar-refractivity contribution in [2.75, 3.05) is 18.8 Å². The van der Waals surface area contributed by atoms with Gasteiger partial charge in [-0.2, -0.15) is 0 Å². The average molecular weight is 301 g/mol. The number of sulfone groups is 1. The molecule has 0 fully saturated rings. The second-order valence-corrected chi connectivity index (χ2v) is 7.94. The van der Waals surface area contributed by atoms with E-state index in [1.807, 2.05) is 6.92 Å². The third-order valence-corrected chi connectivity index (χ3v) is 5.69. The normalized spacial score (nSPS) is 13.7. The molecule has 1 aromatic carbocycles. The second kappa shape index (κ2) is 7.74. The standard InChI is InChI=1S/C15H24FNO2S/c1-4-17-11-14(9-10-20(18,19)12(2)3)13-5-7-15(16)8-6-13/h5-8,12,14,17H,4,9-11H2,1-3H3. The molecule has 1 aromatic rings. The average Bonchev–Trinajstić information content (AvgIpc) is 2.40. The summed E-state index contributed by atoms with van der Waals surface area (Å²) in [6.45, 7) is 6.94. The lowest BCUT2D eigenvalue weighted by atomic mass is 9.96. The fraction of sp³-hybridized carbons (Fsp3) is 0.600. The molecule has 0 saturated carbocycles. The van der Waals surface area contributed by atoms with Crippen molar-refractivity contribution in [3.63, 3.8) is 0 Å².